The van der Waals surface area contributed by atoms with Crippen LogP contribution in [0.1, 0.15) is 15.9 Å². The van der Waals surface area contributed by atoms with Gasteiger partial charge in [-0.3, -0.25) is 20.2 Å². The zero-order valence-electron chi connectivity index (χ0n) is 19.9. The van der Waals surface area contributed by atoms with E-state index in [4.69, 9.17) is 21.9 Å². The van der Waals surface area contributed by atoms with Crippen LogP contribution < -0.4 is 15.5 Å². The van der Waals surface area contributed by atoms with Gasteiger partial charge in [-0.05, 0) is 55.0 Å². The number of carbonyl (C=O) groups excluding carboxylic acids is 1. The Morgan fingerprint density at radius 1 is 1.14 bits per heavy atom. The summed E-state index contributed by atoms with van der Waals surface area (Å²) >= 11 is 6.99. The fourth-order valence-electron chi connectivity index (χ4n) is 4.20. The molecule has 0 atom stereocenters. The Bertz CT molecular complexity index is 1480. The standard InChI is InChI=1S/C26H23N5O4S2/c1-16-18(25-27-20-6-2-3-8-23(20)37-25)5-4-7-19(16)28-26(36)29-24(32)17-9-10-21(22(15-17)31(33)34)30-11-13-35-14-12-30/h2-10,15H,11-14H2,1H3,(H2,28,29,32,36). The SMILES string of the molecule is Cc1c(NC(=S)NC(=O)c2ccc(N3CCOCC3)c([N+](=O)[O-])c2)cccc1-c1nc2ccccc2s1. The van der Waals surface area contributed by atoms with Gasteiger partial charge in [0, 0.05) is 36.0 Å². The summed E-state index contributed by atoms with van der Waals surface area (Å²) in [6, 6.07) is 18.2. The van der Waals surface area contributed by atoms with Crippen LogP contribution in [0.5, 0.6) is 0 Å². The normalized spacial score (nSPS) is 13.4. The predicted molar refractivity (Wildman–Crippen MR) is 150 cm³/mol. The van der Waals surface area contributed by atoms with E-state index in [2.05, 4.69) is 10.6 Å². The maximum atomic E-state index is 12.9. The number of nitro benzene ring substituents is 1. The van der Waals surface area contributed by atoms with E-state index in [1.807, 2.05) is 54.3 Å². The Morgan fingerprint density at radius 2 is 1.92 bits per heavy atom. The summed E-state index contributed by atoms with van der Waals surface area (Å²) in [5, 5.41) is 18.4. The van der Waals surface area contributed by atoms with Crippen molar-refractivity contribution in [1.82, 2.24) is 10.3 Å². The van der Waals surface area contributed by atoms with Crippen LogP contribution in [0.15, 0.2) is 60.7 Å². The fourth-order valence-corrected chi connectivity index (χ4v) is 5.45. The molecule has 3 aromatic carbocycles. The summed E-state index contributed by atoms with van der Waals surface area (Å²) in [5.41, 5.74) is 4.05. The van der Waals surface area contributed by atoms with Gasteiger partial charge < -0.3 is 15.0 Å². The van der Waals surface area contributed by atoms with E-state index in [0.717, 1.165) is 32.0 Å². The first-order valence-corrected chi connectivity index (χ1v) is 12.8. The second kappa shape index (κ2) is 10.6. The van der Waals surface area contributed by atoms with Crippen LogP contribution in [0.2, 0.25) is 0 Å². The minimum absolute atomic E-state index is 0.0921. The molecular weight excluding hydrogens is 510 g/mol. The first-order chi connectivity index (χ1) is 17.9. The van der Waals surface area contributed by atoms with Gasteiger partial charge in [-0.25, -0.2) is 4.98 Å². The number of thiazole rings is 1. The summed E-state index contributed by atoms with van der Waals surface area (Å²) in [6.07, 6.45) is 0. The summed E-state index contributed by atoms with van der Waals surface area (Å²) < 4.78 is 6.43. The van der Waals surface area contributed by atoms with Crippen LogP contribution in [0.25, 0.3) is 20.8 Å². The van der Waals surface area contributed by atoms with Gasteiger partial charge in [-0.2, -0.15) is 0 Å². The number of thiocarbonyl (C=S) groups is 1. The summed E-state index contributed by atoms with van der Waals surface area (Å²) in [6.45, 7) is 4.06. The van der Waals surface area contributed by atoms with Gasteiger partial charge in [-0.1, -0.05) is 24.3 Å². The number of aromatic nitrogens is 1. The number of carbonyl (C=O) groups is 1. The highest BCUT2D eigenvalue weighted by Crippen LogP contribution is 2.34. The second-order valence-electron chi connectivity index (χ2n) is 8.43. The third kappa shape index (κ3) is 5.29. The molecule has 0 spiro atoms. The highest BCUT2D eigenvalue weighted by atomic mass is 32.1. The van der Waals surface area contributed by atoms with E-state index in [9.17, 15) is 14.9 Å². The number of benzene rings is 3. The average molecular weight is 534 g/mol. The van der Waals surface area contributed by atoms with Gasteiger partial charge in [0.05, 0.1) is 28.4 Å². The monoisotopic (exact) mass is 533 g/mol. The number of hydrogen-bond acceptors (Lipinski definition) is 8. The number of fused-ring (bicyclic) bond motifs is 1. The van der Waals surface area contributed by atoms with E-state index in [1.165, 1.54) is 6.07 Å². The summed E-state index contributed by atoms with van der Waals surface area (Å²) in [5.74, 6) is -0.533. The minimum Gasteiger partial charge on any atom is -0.378 e. The molecule has 1 aliphatic rings. The molecule has 0 saturated carbocycles. The Kier molecular flexibility index (Phi) is 7.08. The Balaban J connectivity index is 1.31. The topological polar surface area (TPSA) is 110 Å². The van der Waals surface area contributed by atoms with Crippen molar-refractivity contribution in [3.05, 3.63) is 81.9 Å². The number of para-hydroxylation sites is 1. The maximum Gasteiger partial charge on any atom is 0.293 e. The smallest absolute Gasteiger partial charge is 0.293 e. The van der Waals surface area contributed by atoms with Crippen LogP contribution in [-0.4, -0.2) is 47.2 Å². The number of amides is 1. The molecule has 1 aliphatic heterocycles. The Morgan fingerprint density at radius 3 is 2.68 bits per heavy atom. The van der Waals surface area contributed by atoms with Crippen LogP contribution in [0, 0.1) is 17.0 Å². The number of hydrogen-bond donors (Lipinski definition) is 2. The van der Waals surface area contributed by atoms with Crippen molar-refractivity contribution in [1.29, 1.82) is 0 Å². The Hall–Kier alpha value is -3.93. The molecule has 2 N–H and O–H groups in total. The lowest BCUT2D eigenvalue weighted by Gasteiger charge is -2.28. The van der Waals surface area contributed by atoms with Crippen molar-refractivity contribution in [2.24, 2.45) is 0 Å². The lowest BCUT2D eigenvalue weighted by molar-refractivity contribution is -0.384. The zero-order chi connectivity index (χ0) is 25.9. The van der Waals surface area contributed by atoms with Crippen LogP contribution >= 0.6 is 23.6 Å². The van der Waals surface area contributed by atoms with Gasteiger partial charge in [-0.15, -0.1) is 11.3 Å². The number of nitrogens with one attached hydrogen (secondary N) is 2. The van der Waals surface area contributed by atoms with Gasteiger partial charge in [0.2, 0.25) is 0 Å². The molecule has 188 valence electrons. The predicted octanol–water partition coefficient (Wildman–Crippen LogP) is 5.14. The molecule has 4 aromatic rings. The molecule has 37 heavy (non-hydrogen) atoms. The number of nitro groups is 1. The summed E-state index contributed by atoms with van der Waals surface area (Å²) in [7, 11) is 0. The number of ether oxygens (including phenoxy) is 1. The maximum absolute atomic E-state index is 12.9. The van der Waals surface area contributed by atoms with Crippen molar-refractivity contribution in [2.75, 3.05) is 36.5 Å². The Labute approximate surface area is 222 Å². The number of rotatable bonds is 5. The minimum atomic E-state index is -0.533. The lowest BCUT2D eigenvalue weighted by Crippen LogP contribution is -2.37. The van der Waals surface area contributed by atoms with Crippen molar-refractivity contribution >= 4 is 61.9 Å². The van der Waals surface area contributed by atoms with E-state index in [-0.39, 0.29) is 16.4 Å². The first-order valence-electron chi connectivity index (χ1n) is 11.6. The molecule has 9 nitrogen and oxygen atoms in total. The molecule has 1 amide bonds. The molecule has 1 aromatic heterocycles. The molecule has 0 unspecified atom stereocenters. The molecular formula is C26H23N5O4S2. The highest BCUT2D eigenvalue weighted by Gasteiger charge is 2.23. The van der Waals surface area contributed by atoms with Gasteiger partial charge in [0.15, 0.2) is 5.11 Å². The number of anilines is 2. The molecule has 1 saturated heterocycles. The number of morpholine rings is 1. The van der Waals surface area contributed by atoms with E-state index < -0.39 is 10.8 Å². The van der Waals surface area contributed by atoms with Crippen LogP contribution in [0.4, 0.5) is 17.1 Å². The van der Waals surface area contributed by atoms with Crippen molar-refractivity contribution < 1.29 is 14.5 Å². The van der Waals surface area contributed by atoms with Crippen LogP contribution in [0.3, 0.4) is 0 Å². The van der Waals surface area contributed by atoms with Crippen LogP contribution in [-0.2, 0) is 4.74 Å². The molecule has 0 bridgehead atoms. The van der Waals surface area contributed by atoms with Gasteiger partial charge in [0.25, 0.3) is 11.6 Å². The molecule has 2 heterocycles. The molecule has 1 fully saturated rings. The number of nitrogens with zero attached hydrogens (tertiary/aromatic N) is 3. The third-order valence-corrected chi connectivity index (χ3v) is 7.39. The van der Waals surface area contributed by atoms with E-state index >= 15 is 0 Å². The molecule has 0 radical (unpaired) electrons. The third-order valence-electron chi connectivity index (χ3n) is 6.12. The second-order valence-corrected chi connectivity index (χ2v) is 9.87. The highest BCUT2D eigenvalue weighted by molar-refractivity contribution is 7.80. The lowest BCUT2D eigenvalue weighted by atomic mass is 10.1. The molecule has 5 rings (SSSR count). The molecule has 11 heteroatoms. The van der Waals surface area contributed by atoms with Gasteiger partial charge in [0.1, 0.15) is 10.7 Å². The zero-order valence-corrected chi connectivity index (χ0v) is 21.5. The van der Waals surface area contributed by atoms with Crippen molar-refractivity contribution in [3.63, 3.8) is 0 Å². The fraction of sp³-hybridized carbons (Fsp3) is 0.192. The first kappa shape index (κ1) is 24.8. The van der Waals surface area contributed by atoms with Gasteiger partial charge >= 0.3 is 0 Å². The van der Waals surface area contributed by atoms with Crippen molar-refractivity contribution in [3.8, 4) is 10.6 Å². The van der Waals surface area contributed by atoms with E-state index in [0.29, 0.717) is 32.0 Å². The largest absolute Gasteiger partial charge is 0.378 e. The average Bonchev–Trinajstić information content (AvgIpc) is 3.34. The summed E-state index contributed by atoms with van der Waals surface area (Å²) in [4.78, 5) is 30.7. The quantitative estimate of drug-likeness (QED) is 0.206. The van der Waals surface area contributed by atoms with E-state index in [1.54, 1.807) is 23.5 Å². The molecule has 0 aliphatic carbocycles. The van der Waals surface area contributed by atoms with Crippen molar-refractivity contribution in [2.45, 2.75) is 6.92 Å².